The van der Waals surface area contributed by atoms with Crippen LogP contribution in [0.15, 0.2) is 11.2 Å². The zero-order chi connectivity index (χ0) is 11.4. The zero-order valence-corrected chi connectivity index (χ0v) is 10.8. The molecule has 1 N–H and O–H groups in total. The summed E-state index contributed by atoms with van der Waals surface area (Å²) >= 11 is 7.50. The first-order valence-electron chi connectivity index (χ1n) is 5.34. The van der Waals surface area contributed by atoms with Crippen molar-refractivity contribution >= 4 is 29.2 Å². The van der Waals surface area contributed by atoms with Gasteiger partial charge in [0.1, 0.15) is 11.0 Å². The van der Waals surface area contributed by atoms with E-state index in [1.54, 1.807) is 0 Å². The fourth-order valence-electron chi connectivity index (χ4n) is 1.71. The third-order valence-corrected chi connectivity index (χ3v) is 3.25. The molecule has 16 heavy (non-hydrogen) atoms. The minimum absolute atomic E-state index is 0.520. The molecule has 1 aromatic heterocycles. The number of rotatable bonds is 2. The summed E-state index contributed by atoms with van der Waals surface area (Å²) in [5.74, 6) is 0.938. The van der Waals surface area contributed by atoms with E-state index < -0.39 is 0 Å². The van der Waals surface area contributed by atoms with Gasteiger partial charge >= 0.3 is 0 Å². The highest BCUT2D eigenvalue weighted by atomic mass is 35.5. The van der Waals surface area contributed by atoms with E-state index in [4.69, 9.17) is 11.6 Å². The van der Waals surface area contributed by atoms with E-state index in [1.807, 2.05) is 12.3 Å². The molecule has 0 atom stereocenters. The molecule has 1 aliphatic heterocycles. The lowest BCUT2D eigenvalue weighted by molar-refractivity contribution is 0.724. The third kappa shape index (κ3) is 2.99. The minimum Gasteiger partial charge on any atom is -0.355 e. The maximum atomic E-state index is 5.98. The molecular formula is C10H15ClN4S. The summed E-state index contributed by atoms with van der Waals surface area (Å²) < 4.78 is 0. The van der Waals surface area contributed by atoms with Gasteiger partial charge < -0.3 is 10.2 Å². The predicted molar refractivity (Wildman–Crippen MR) is 68.5 cm³/mol. The van der Waals surface area contributed by atoms with Crippen molar-refractivity contribution in [3.05, 3.63) is 11.2 Å². The number of thioether (sulfide) groups is 1. The molecule has 0 spiro atoms. The molecule has 2 heterocycles. The van der Waals surface area contributed by atoms with Crippen LogP contribution < -0.4 is 10.2 Å². The van der Waals surface area contributed by atoms with Gasteiger partial charge in [-0.1, -0.05) is 23.4 Å². The van der Waals surface area contributed by atoms with Gasteiger partial charge in [-0.25, -0.2) is 9.97 Å². The Labute approximate surface area is 105 Å². The SMILES string of the molecule is CSc1nc(Cl)cc(N2CCCNCC2)n1. The van der Waals surface area contributed by atoms with Crippen LogP contribution in [0.25, 0.3) is 0 Å². The monoisotopic (exact) mass is 258 g/mol. The van der Waals surface area contributed by atoms with E-state index in [9.17, 15) is 0 Å². The largest absolute Gasteiger partial charge is 0.355 e. The summed E-state index contributed by atoms with van der Waals surface area (Å²) in [6, 6.07) is 1.84. The van der Waals surface area contributed by atoms with Crippen molar-refractivity contribution in [2.75, 3.05) is 37.3 Å². The summed E-state index contributed by atoms with van der Waals surface area (Å²) in [7, 11) is 0. The van der Waals surface area contributed by atoms with E-state index in [0.717, 1.165) is 43.6 Å². The fraction of sp³-hybridized carbons (Fsp3) is 0.600. The number of hydrogen-bond acceptors (Lipinski definition) is 5. The van der Waals surface area contributed by atoms with Gasteiger partial charge in [0, 0.05) is 25.7 Å². The Bertz CT molecular complexity index is 353. The van der Waals surface area contributed by atoms with E-state index in [0.29, 0.717) is 5.15 Å². The number of nitrogens with zero attached hydrogens (tertiary/aromatic N) is 3. The van der Waals surface area contributed by atoms with Gasteiger partial charge in [-0.05, 0) is 19.2 Å². The van der Waals surface area contributed by atoms with E-state index in [2.05, 4.69) is 20.2 Å². The first-order valence-corrected chi connectivity index (χ1v) is 6.94. The van der Waals surface area contributed by atoms with Gasteiger partial charge in [-0.3, -0.25) is 0 Å². The minimum atomic E-state index is 0.520. The number of halogens is 1. The van der Waals surface area contributed by atoms with Crippen LogP contribution in [-0.4, -0.2) is 42.4 Å². The van der Waals surface area contributed by atoms with Crippen LogP contribution in [0.2, 0.25) is 5.15 Å². The van der Waals surface area contributed by atoms with Crippen molar-refractivity contribution in [2.24, 2.45) is 0 Å². The number of nitrogens with one attached hydrogen (secondary N) is 1. The fourth-order valence-corrected chi connectivity index (χ4v) is 2.32. The lowest BCUT2D eigenvalue weighted by atomic mass is 10.4. The highest BCUT2D eigenvalue weighted by molar-refractivity contribution is 7.98. The molecule has 0 aromatic carbocycles. The summed E-state index contributed by atoms with van der Waals surface area (Å²) in [6.07, 6.45) is 3.09. The molecule has 2 rings (SSSR count). The molecule has 0 aliphatic carbocycles. The molecule has 0 bridgehead atoms. The standard InChI is InChI=1S/C10H15ClN4S/c1-16-10-13-8(11)7-9(14-10)15-5-2-3-12-4-6-15/h7,12H,2-6H2,1H3. The van der Waals surface area contributed by atoms with Crippen LogP contribution in [-0.2, 0) is 0 Å². The molecular weight excluding hydrogens is 244 g/mol. The van der Waals surface area contributed by atoms with Gasteiger partial charge in [-0.15, -0.1) is 0 Å². The average Bonchev–Trinajstić information content (AvgIpc) is 2.56. The van der Waals surface area contributed by atoms with Gasteiger partial charge in [-0.2, -0.15) is 0 Å². The van der Waals surface area contributed by atoms with E-state index in [-0.39, 0.29) is 0 Å². The lowest BCUT2D eigenvalue weighted by Crippen LogP contribution is -2.28. The Morgan fingerprint density at radius 3 is 3.06 bits per heavy atom. The molecule has 1 fully saturated rings. The summed E-state index contributed by atoms with van der Waals surface area (Å²) in [5, 5.41) is 4.62. The molecule has 1 saturated heterocycles. The Morgan fingerprint density at radius 1 is 1.38 bits per heavy atom. The first-order chi connectivity index (χ1) is 7.79. The molecule has 1 aliphatic rings. The van der Waals surface area contributed by atoms with E-state index >= 15 is 0 Å². The topological polar surface area (TPSA) is 41.1 Å². The maximum Gasteiger partial charge on any atom is 0.190 e. The van der Waals surface area contributed by atoms with Gasteiger partial charge in [0.2, 0.25) is 0 Å². The highest BCUT2D eigenvalue weighted by Crippen LogP contribution is 2.20. The molecule has 6 heteroatoms. The van der Waals surface area contributed by atoms with Crippen molar-refractivity contribution in [1.82, 2.24) is 15.3 Å². The Balaban J connectivity index is 2.20. The summed E-state index contributed by atoms with van der Waals surface area (Å²) in [5.41, 5.74) is 0. The summed E-state index contributed by atoms with van der Waals surface area (Å²) in [6.45, 7) is 4.07. The van der Waals surface area contributed by atoms with Crippen LogP contribution in [0.3, 0.4) is 0 Å². The van der Waals surface area contributed by atoms with Crippen molar-refractivity contribution < 1.29 is 0 Å². The van der Waals surface area contributed by atoms with Crippen molar-refractivity contribution in [3.8, 4) is 0 Å². The molecule has 0 unspecified atom stereocenters. The maximum absolute atomic E-state index is 5.98. The summed E-state index contributed by atoms with van der Waals surface area (Å²) in [4.78, 5) is 10.9. The van der Waals surface area contributed by atoms with Gasteiger partial charge in [0.05, 0.1) is 0 Å². The van der Waals surface area contributed by atoms with Crippen LogP contribution in [0.1, 0.15) is 6.42 Å². The molecule has 88 valence electrons. The molecule has 4 nitrogen and oxygen atoms in total. The normalized spacial score (nSPS) is 17.2. The number of aromatic nitrogens is 2. The lowest BCUT2D eigenvalue weighted by Gasteiger charge is -2.21. The van der Waals surface area contributed by atoms with Gasteiger partial charge in [0.15, 0.2) is 5.16 Å². The zero-order valence-electron chi connectivity index (χ0n) is 9.24. The Kier molecular flexibility index (Phi) is 4.26. The van der Waals surface area contributed by atoms with E-state index in [1.165, 1.54) is 11.8 Å². The van der Waals surface area contributed by atoms with Crippen LogP contribution >= 0.6 is 23.4 Å². The van der Waals surface area contributed by atoms with Crippen molar-refractivity contribution in [1.29, 1.82) is 0 Å². The third-order valence-electron chi connectivity index (χ3n) is 2.51. The van der Waals surface area contributed by atoms with Crippen LogP contribution in [0.4, 0.5) is 5.82 Å². The quantitative estimate of drug-likeness (QED) is 0.496. The smallest absolute Gasteiger partial charge is 0.190 e. The van der Waals surface area contributed by atoms with Gasteiger partial charge in [0.25, 0.3) is 0 Å². The predicted octanol–water partition coefficient (Wildman–Crippen LogP) is 1.65. The van der Waals surface area contributed by atoms with Crippen LogP contribution in [0, 0.1) is 0 Å². The molecule has 0 saturated carbocycles. The number of anilines is 1. The second kappa shape index (κ2) is 5.70. The molecule has 0 radical (unpaired) electrons. The second-order valence-electron chi connectivity index (χ2n) is 3.63. The Hall–Kier alpha value is -0.520. The number of hydrogen-bond donors (Lipinski definition) is 1. The highest BCUT2D eigenvalue weighted by Gasteiger charge is 2.12. The molecule has 0 amide bonds. The Morgan fingerprint density at radius 2 is 2.25 bits per heavy atom. The van der Waals surface area contributed by atoms with Crippen molar-refractivity contribution in [3.63, 3.8) is 0 Å². The van der Waals surface area contributed by atoms with Crippen LogP contribution in [0.5, 0.6) is 0 Å². The second-order valence-corrected chi connectivity index (χ2v) is 4.79. The molecule has 1 aromatic rings. The van der Waals surface area contributed by atoms with Crippen molar-refractivity contribution in [2.45, 2.75) is 11.6 Å². The first kappa shape index (κ1) is 12.0. The average molecular weight is 259 g/mol.